The molecule has 7 heteroatoms. The van der Waals surface area contributed by atoms with Gasteiger partial charge in [0.15, 0.2) is 11.5 Å². The first-order valence-electron chi connectivity index (χ1n) is 9.06. The van der Waals surface area contributed by atoms with Crippen LogP contribution in [0.1, 0.15) is 42.4 Å². The van der Waals surface area contributed by atoms with Crippen LogP contribution in [0, 0.1) is 6.92 Å². The maximum Gasteiger partial charge on any atom is 0.251 e. The summed E-state index contributed by atoms with van der Waals surface area (Å²) in [5.41, 5.74) is 7.92. The fourth-order valence-corrected chi connectivity index (χ4v) is 2.55. The van der Waals surface area contributed by atoms with Gasteiger partial charge in [-0.05, 0) is 45.9 Å². The Bertz CT molecular complexity index is 766. The molecule has 0 unspecified atom stereocenters. The molecule has 2 aromatic rings. The number of nitrogens with one attached hydrogen (secondary N) is 1. The van der Waals surface area contributed by atoms with Gasteiger partial charge in [0, 0.05) is 23.4 Å². The number of nitrogen functional groups attached to an aromatic ring is 1. The smallest absolute Gasteiger partial charge is 0.251 e. The Morgan fingerprint density at radius 3 is 2.15 bits per heavy atom. The van der Waals surface area contributed by atoms with Gasteiger partial charge >= 0.3 is 0 Å². The highest BCUT2D eigenvalue weighted by Gasteiger charge is 2.18. The van der Waals surface area contributed by atoms with E-state index in [2.05, 4.69) is 10.3 Å². The van der Waals surface area contributed by atoms with Crippen LogP contribution in [0.25, 0.3) is 0 Å². The van der Waals surface area contributed by atoms with Crippen molar-refractivity contribution in [2.75, 3.05) is 25.6 Å². The first-order valence-corrected chi connectivity index (χ1v) is 9.06. The molecule has 0 bridgehead atoms. The van der Waals surface area contributed by atoms with Gasteiger partial charge in [-0.3, -0.25) is 4.79 Å². The Morgan fingerprint density at radius 1 is 1.04 bits per heavy atom. The molecule has 0 atom stereocenters. The number of hydrogen-bond donors (Lipinski definition) is 2. The van der Waals surface area contributed by atoms with E-state index in [1.54, 1.807) is 12.1 Å². The quantitative estimate of drug-likeness (QED) is 0.701. The van der Waals surface area contributed by atoms with Gasteiger partial charge in [-0.1, -0.05) is 6.07 Å². The fourth-order valence-electron chi connectivity index (χ4n) is 2.55. The van der Waals surface area contributed by atoms with E-state index in [-0.39, 0.29) is 12.5 Å². The molecule has 0 aliphatic rings. The molecule has 0 radical (unpaired) electrons. The summed E-state index contributed by atoms with van der Waals surface area (Å²) in [7, 11) is 0. The average molecular weight is 373 g/mol. The van der Waals surface area contributed by atoms with Crippen LogP contribution in [0.3, 0.4) is 0 Å². The molecule has 7 nitrogen and oxygen atoms in total. The number of carbonyl (C=O) groups is 1. The molecular formula is C20H27N3O4. The van der Waals surface area contributed by atoms with Crippen LogP contribution in [0.4, 0.5) is 5.82 Å². The number of nitrogens with zero attached hydrogens (tertiary/aromatic N) is 1. The summed E-state index contributed by atoms with van der Waals surface area (Å²) >= 11 is 0. The molecule has 1 heterocycles. The van der Waals surface area contributed by atoms with Gasteiger partial charge in [-0.25, -0.2) is 4.98 Å². The Morgan fingerprint density at radius 2 is 1.63 bits per heavy atom. The Balaban J connectivity index is 2.25. The number of benzene rings is 1. The van der Waals surface area contributed by atoms with Crippen LogP contribution in [0.2, 0.25) is 0 Å². The summed E-state index contributed by atoms with van der Waals surface area (Å²) in [5, 5.41) is 2.85. The van der Waals surface area contributed by atoms with Crippen molar-refractivity contribution >= 4 is 11.7 Å². The van der Waals surface area contributed by atoms with Crippen molar-refractivity contribution in [3.8, 4) is 17.2 Å². The second kappa shape index (κ2) is 9.66. The number of amides is 1. The Labute approximate surface area is 159 Å². The van der Waals surface area contributed by atoms with Crippen LogP contribution >= 0.6 is 0 Å². The third kappa shape index (κ3) is 5.26. The minimum atomic E-state index is -0.264. The van der Waals surface area contributed by atoms with E-state index in [9.17, 15) is 4.79 Å². The molecule has 0 fully saturated rings. The monoisotopic (exact) mass is 373 g/mol. The van der Waals surface area contributed by atoms with Gasteiger partial charge in [0.05, 0.1) is 19.8 Å². The van der Waals surface area contributed by atoms with Crippen LogP contribution in [0.5, 0.6) is 17.2 Å². The molecule has 0 saturated carbocycles. The molecule has 0 spiro atoms. The van der Waals surface area contributed by atoms with E-state index >= 15 is 0 Å². The van der Waals surface area contributed by atoms with E-state index in [4.69, 9.17) is 19.9 Å². The SMILES string of the molecule is CCOc1cc(C(=O)NCc2ccc(C)nc2N)cc(OCC)c1OCC. The molecule has 3 N–H and O–H groups in total. The van der Waals surface area contributed by atoms with E-state index < -0.39 is 0 Å². The molecule has 27 heavy (non-hydrogen) atoms. The van der Waals surface area contributed by atoms with Crippen molar-refractivity contribution in [3.63, 3.8) is 0 Å². The van der Waals surface area contributed by atoms with Crippen LogP contribution in [-0.2, 0) is 6.54 Å². The lowest BCUT2D eigenvalue weighted by atomic mass is 10.1. The third-order valence-corrected chi connectivity index (χ3v) is 3.76. The summed E-state index contributed by atoms with van der Waals surface area (Å²) in [6.45, 7) is 9.12. The lowest BCUT2D eigenvalue weighted by molar-refractivity contribution is 0.0950. The van der Waals surface area contributed by atoms with Crippen LogP contribution < -0.4 is 25.3 Å². The van der Waals surface area contributed by atoms with Gasteiger partial charge < -0.3 is 25.3 Å². The van der Waals surface area contributed by atoms with Gasteiger partial charge in [0.2, 0.25) is 5.75 Å². The van der Waals surface area contributed by atoms with Crippen LogP contribution in [0.15, 0.2) is 24.3 Å². The third-order valence-electron chi connectivity index (χ3n) is 3.76. The molecule has 0 aliphatic carbocycles. The van der Waals surface area contributed by atoms with Gasteiger partial charge in [-0.2, -0.15) is 0 Å². The Hall–Kier alpha value is -2.96. The maximum atomic E-state index is 12.7. The van der Waals surface area contributed by atoms with Crippen molar-refractivity contribution in [2.45, 2.75) is 34.2 Å². The lowest BCUT2D eigenvalue weighted by Crippen LogP contribution is -2.23. The molecule has 2 rings (SSSR count). The number of aromatic nitrogens is 1. The minimum absolute atomic E-state index is 0.264. The highest BCUT2D eigenvalue weighted by atomic mass is 16.5. The summed E-state index contributed by atoms with van der Waals surface area (Å²) < 4.78 is 17.0. The van der Waals surface area contributed by atoms with Crippen molar-refractivity contribution in [1.29, 1.82) is 0 Å². The van der Waals surface area contributed by atoms with E-state index in [0.29, 0.717) is 48.5 Å². The zero-order valence-electron chi connectivity index (χ0n) is 16.3. The van der Waals surface area contributed by atoms with Crippen molar-refractivity contribution in [1.82, 2.24) is 10.3 Å². The zero-order valence-corrected chi connectivity index (χ0v) is 16.3. The predicted molar refractivity (Wildman–Crippen MR) is 105 cm³/mol. The summed E-state index contributed by atoms with van der Waals surface area (Å²) in [5.74, 6) is 1.61. The largest absolute Gasteiger partial charge is 0.490 e. The van der Waals surface area contributed by atoms with E-state index in [0.717, 1.165) is 11.3 Å². The van der Waals surface area contributed by atoms with Crippen LogP contribution in [-0.4, -0.2) is 30.7 Å². The molecule has 1 aromatic carbocycles. The highest BCUT2D eigenvalue weighted by molar-refractivity contribution is 5.95. The number of carbonyl (C=O) groups excluding carboxylic acids is 1. The minimum Gasteiger partial charge on any atom is -0.490 e. The Kier molecular flexibility index (Phi) is 7.28. The number of aryl methyl sites for hydroxylation is 1. The second-order valence-corrected chi connectivity index (χ2v) is 5.78. The standard InChI is InChI=1S/C20H27N3O4/c1-5-25-16-10-15(11-17(26-6-2)18(16)27-7-3)20(24)22-12-14-9-8-13(4)23-19(14)21/h8-11H,5-7,12H2,1-4H3,(H2,21,23)(H,22,24). The molecular weight excluding hydrogens is 346 g/mol. The predicted octanol–water partition coefficient (Wildman–Crippen LogP) is 3.10. The molecule has 0 aliphatic heterocycles. The lowest BCUT2D eigenvalue weighted by Gasteiger charge is -2.17. The van der Waals surface area contributed by atoms with E-state index in [1.807, 2.05) is 39.8 Å². The highest BCUT2D eigenvalue weighted by Crippen LogP contribution is 2.39. The number of anilines is 1. The van der Waals surface area contributed by atoms with Crippen molar-refractivity contribution in [2.24, 2.45) is 0 Å². The first-order chi connectivity index (χ1) is 13.0. The number of nitrogens with two attached hydrogens (primary N) is 1. The second-order valence-electron chi connectivity index (χ2n) is 5.78. The molecule has 1 aromatic heterocycles. The number of pyridine rings is 1. The normalized spacial score (nSPS) is 10.4. The first kappa shape index (κ1) is 20.4. The molecule has 146 valence electrons. The topological polar surface area (TPSA) is 95.7 Å². The molecule has 1 amide bonds. The van der Waals surface area contributed by atoms with E-state index in [1.165, 1.54) is 0 Å². The van der Waals surface area contributed by atoms with Crippen molar-refractivity contribution in [3.05, 3.63) is 41.1 Å². The van der Waals surface area contributed by atoms with Gasteiger partial charge in [0.25, 0.3) is 5.91 Å². The van der Waals surface area contributed by atoms with Gasteiger partial charge in [0.1, 0.15) is 5.82 Å². The average Bonchev–Trinajstić information content (AvgIpc) is 2.63. The zero-order chi connectivity index (χ0) is 19.8. The number of hydrogen-bond acceptors (Lipinski definition) is 6. The summed E-state index contributed by atoms with van der Waals surface area (Å²) in [6.07, 6.45) is 0. The summed E-state index contributed by atoms with van der Waals surface area (Å²) in [4.78, 5) is 16.9. The maximum absolute atomic E-state index is 12.7. The summed E-state index contributed by atoms with van der Waals surface area (Å²) in [6, 6.07) is 7.02. The number of rotatable bonds is 9. The molecule has 0 saturated heterocycles. The fraction of sp³-hybridized carbons (Fsp3) is 0.400. The van der Waals surface area contributed by atoms with Crippen molar-refractivity contribution < 1.29 is 19.0 Å². The number of ether oxygens (including phenoxy) is 3. The van der Waals surface area contributed by atoms with Gasteiger partial charge in [-0.15, -0.1) is 0 Å².